The molecule has 0 spiro atoms. The Morgan fingerprint density at radius 3 is 2.43 bits per heavy atom. The Morgan fingerprint density at radius 1 is 1.24 bits per heavy atom. The highest BCUT2D eigenvalue weighted by atomic mass is 16.2. The fraction of sp³-hybridized carbons (Fsp3) is 0.875. The Morgan fingerprint density at radius 2 is 1.90 bits per heavy atom. The zero-order chi connectivity index (χ0) is 15.7. The number of nitrogens with one attached hydrogen (secondary N) is 1. The Kier molecular flexibility index (Phi) is 8.35. The molecule has 1 unspecified atom stereocenters. The van der Waals surface area contributed by atoms with Crippen LogP contribution in [0, 0.1) is 5.92 Å². The number of likely N-dealkylation sites (tertiary alicyclic amines) is 1. The molecule has 5 heteroatoms. The summed E-state index contributed by atoms with van der Waals surface area (Å²) in [6.07, 6.45) is 6.58. The number of nitrogens with two attached hydrogens (primary N) is 1. The number of carbonyl (C=O) groups excluding carboxylic acids is 2. The molecule has 0 aromatic heterocycles. The van der Waals surface area contributed by atoms with Gasteiger partial charge in [-0.05, 0) is 38.1 Å². The van der Waals surface area contributed by atoms with Crippen LogP contribution >= 0.6 is 0 Å². The van der Waals surface area contributed by atoms with Gasteiger partial charge in [0.2, 0.25) is 11.8 Å². The van der Waals surface area contributed by atoms with E-state index < -0.39 is 0 Å². The van der Waals surface area contributed by atoms with Gasteiger partial charge in [0.15, 0.2) is 0 Å². The summed E-state index contributed by atoms with van der Waals surface area (Å²) >= 11 is 0. The summed E-state index contributed by atoms with van der Waals surface area (Å²) in [4.78, 5) is 25.1. The second kappa shape index (κ2) is 9.77. The van der Waals surface area contributed by atoms with E-state index in [1.165, 1.54) is 0 Å². The lowest BCUT2D eigenvalue weighted by Gasteiger charge is -2.31. The Labute approximate surface area is 128 Å². The summed E-state index contributed by atoms with van der Waals surface area (Å²) in [6, 6.07) is 0.229. The monoisotopic (exact) mass is 297 g/mol. The van der Waals surface area contributed by atoms with Crippen molar-refractivity contribution < 1.29 is 9.59 Å². The van der Waals surface area contributed by atoms with Crippen LogP contribution < -0.4 is 11.1 Å². The fourth-order valence-electron chi connectivity index (χ4n) is 3.05. The van der Waals surface area contributed by atoms with E-state index in [9.17, 15) is 9.59 Å². The second-order valence-corrected chi connectivity index (χ2v) is 6.12. The quantitative estimate of drug-likeness (QED) is 0.715. The predicted molar refractivity (Wildman–Crippen MR) is 84.7 cm³/mol. The third-order valence-corrected chi connectivity index (χ3v) is 4.36. The van der Waals surface area contributed by atoms with Crippen molar-refractivity contribution in [3.63, 3.8) is 0 Å². The van der Waals surface area contributed by atoms with Crippen LogP contribution in [-0.2, 0) is 9.59 Å². The van der Waals surface area contributed by atoms with Gasteiger partial charge in [0, 0.05) is 32.5 Å². The van der Waals surface area contributed by atoms with Crippen molar-refractivity contribution in [2.45, 2.75) is 64.8 Å². The molecule has 1 saturated heterocycles. The van der Waals surface area contributed by atoms with Crippen molar-refractivity contribution in [3.05, 3.63) is 0 Å². The molecular weight excluding hydrogens is 266 g/mol. The van der Waals surface area contributed by atoms with Crippen LogP contribution in [0.4, 0.5) is 0 Å². The van der Waals surface area contributed by atoms with Gasteiger partial charge in [-0.2, -0.15) is 0 Å². The topological polar surface area (TPSA) is 75.4 Å². The molecule has 1 heterocycles. The first kappa shape index (κ1) is 18.0. The molecule has 5 nitrogen and oxygen atoms in total. The summed E-state index contributed by atoms with van der Waals surface area (Å²) in [7, 11) is 0. The molecule has 0 aromatic rings. The molecule has 0 aromatic carbocycles. The van der Waals surface area contributed by atoms with Crippen LogP contribution in [0.2, 0.25) is 0 Å². The number of nitrogens with zero attached hydrogens (tertiary/aromatic N) is 1. The normalized spacial score (nSPS) is 17.6. The van der Waals surface area contributed by atoms with Crippen molar-refractivity contribution in [1.29, 1.82) is 0 Å². The molecule has 3 N–H and O–H groups in total. The minimum absolute atomic E-state index is 0.129. The summed E-state index contributed by atoms with van der Waals surface area (Å²) in [5.41, 5.74) is 5.62. The zero-order valence-corrected chi connectivity index (χ0v) is 13.6. The highest BCUT2D eigenvalue weighted by Gasteiger charge is 2.22. The lowest BCUT2D eigenvalue weighted by atomic mass is 9.94. The fourth-order valence-corrected chi connectivity index (χ4v) is 3.05. The van der Waals surface area contributed by atoms with Crippen LogP contribution in [0.5, 0.6) is 0 Å². The molecule has 0 saturated carbocycles. The van der Waals surface area contributed by atoms with E-state index in [2.05, 4.69) is 12.2 Å². The van der Waals surface area contributed by atoms with Gasteiger partial charge < -0.3 is 16.0 Å². The van der Waals surface area contributed by atoms with E-state index in [1.54, 1.807) is 6.92 Å². The molecule has 1 aliphatic heterocycles. The predicted octanol–water partition coefficient (Wildman–Crippen LogP) is 1.66. The molecule has 2 amide bonds. The third kappa shape index (κ3) is 6.93. The van der Waals surface area contributed by atoms with E-state index in [0.29, 0.717) is 18.9 Å². The molecule has 1 rings (SSSR count). The standard InChI is InChI=1S/C16H31N3O2/c1-3-4-14(7-10-17)5-6-16(21)18-15-8-11-19(12-9-15)13(2)20/h14-15H,3-12,17H2,1-2H3,(H,18,21). The largest absolute Gasteiger partial charge is 0.353 e. The van der Waals surface area contributed by atoms with E-state index in [0.717, 1.165) is 51.6 Å². The molecule has 122 valence electrons. The summed E-state index contributed by atoms with van der Waals surface area (Å²) in [5.74, 6) is 0.851. The number of rotatable bonds is 8. The zero-order valence-electron chi connectivity index (χ0n) is 13.6. The van der Waals surface area contributed by atoms with Crippen molar-refractivity contribution in [2.75, 3.05) is 19.6 Å². The Bertz CT molecular complexity index is 319. The Balaban J connectivity index is 2.23. The molecule has 0 aliphatic carbocycles. The first-order chi connectivity index (χ1) is 10.1. The minimum Gasteiger partial charge on any atom is -0.353 e. The number of hydrogen-bond donors (Lipinski definition) is 2. The average molecular weight is 297 g/mol. The number of hydrogen-bond acceptors (Lipinski definition) is 3. The smallest absolute Gasteiger partial charge is 0.220 e. The molecule has 1 fully saturated rings. The molecule has 1 aliphatic rings. The first-order valence-corrected chi connectivity index (χ1v) is 8.31. The van der Waals surface area contributed by atoms with Crippen LogP contribution in [0.1, 0.15) is 58.8 Å². The molecule has 21 heavy (non-hydrogen) atoms. The van der Waals surface area contributed by atoms with E-state index in [4.69, 9.17) is 5.73 Å². The highest BCUT2D eigenvalue weighted by Crippen LogP contribution is 2.17. The summed E-state index contributed by atoms with van der Waals surface area (Å²) < 4.78 is 0. The second-order valence-electron chi connectivity index (χ2n) is 6.12. The van der Waals surface area contributed by atoms with Crippen molar-refractivity contribution >= 4 is 11.8 Å². The SMILES string of the molecule is CCCC(CCN)CCC(=O)NC1CCN(C(C)=O)CC1. The lowest BCUT2D eigenvalue weighted by molar-refractivity contribution is -0.130. The number of amides is 2. The van der Waals surface area contributed by atoms with E-state index >= 15 is 0 Å². The number of carbonyl (C=O) groups is 2. The van der Waals surface area contributed by atoms with E-state index in [-0.39, 0.29) is 17.9 Å². The van der Waals surface area contributed by atoms with E-state index in [1.807, 2.05) is 4.90 Å². The van der Waals surface area contributed by atoms with Gasteiger partial charge in [-0.3, -0.25) is 9.59 Å². The Hall–Kier alpha value is -1.10. The van der Waals surface area contributed by atoms with Crippen molar-refractivity contribution in [1.82, 2.24) is 10.2 Å². The average Bonchev–Trinajstić information content (AvgIpc) is 2.46. The molecule has 1 atom stereocenters. The van der Waals surface area contributed by atoms with Gasteiger partial charge >= 0.3 is 0 Å². The maximum absolute atomic E-state index is 12.0. The lowest BCUT2D eigenvalue weighted by Crippen LogP contribution is -2.46. The van der Waals surface area contributed by atoms with Gasteiger partial charge in [0.1, 0.15) is 0 Å². The molecular formula is C16H31N3O2. The van der Waals surface area contributed by atoms with Crippen LogP contribution in [0.25, 0.3) is 0 Å². The summed E-state index contributed by atoms with van der Waals surface area (Å²) in [5, 5.41) is 3.11. The molecule has 0 bridgehead atoms. The maximum Gasteiger partial charge on any atom is 0.220 e. The number of piperidine rings is 1. The van der Waals surface area contributed by atoms with Gasteiger partial charge in [-0.25, -0.2) is 0 Å². The minimum atomic E-state index is 0.129. The van der Waals surface area contributed by atoms with Crippen molar-refractivity contribution in [2.24, 2.45) is 11.7 Å². The van der Waals surface area contributed by atoms with Crippen LogP contribution in [0.15, 0.2) is 0 Å². The molecule has 0 radical (unpaired) electrons. The van der Waals surface area contributed by atoms with Gasteiger partial charge in [-0.15, -0.1) is 0 Å². The van der Waals surface area contributed by atoms with Gasteiger partial charge in [0.05, 0.1) is 0 Å². The maximum atomic E-state index is 12.0. The van der Waals surface area contributed by atoms with Gasteiger partial charge in [-0.1, -0.05) is 19.8 Å². The highest BCUT2D eigenvalue weighted by molar-refractivity contribution is 5.76. The van der Waals surface area contributed by atoms with Gasteiger partial charge in [0.25, 0.3) is 0 Å². The third-order valence-electron chi connectivity index (χ3n) is 4.36. The van der Waals surface area contributed by atoms with Crippen LogP contribution in [0.3, 0.4) is 0 Å². The van der Waals surface area contributed by atoms with Crippen LogP contribution in [-0.4, -0.2) is 42.4 Å². The first-order valence-electron chi connectivity index (χ1n) is 8.31. The van der Waals surface area contributed by atoms with Crippen molar-refractivity contribution in [3.8, 4) is 0 Å². The summed E-state index contributed by atoms with van der Waals surface area (Å²) in [6.45, 7) is 5.99.